The second-order valence-electron chi connectivity index (χ2n) is 7.68. The van der Waals surface area contributed by atoms with Gasteiger partial charge in [0.15, 0.2) is 11.5 Å². The Balaban J connectivity index is 1.74. The molecule has 0 unspecified atom stereocenters. The van der Waals surface area contributed by atoms with E-state index in [1.165, 1.54) is 18.4 Å². The van der Waals surface area contributed by atoms with Crippen molar-refractivity contribution in [3.63, 3.8) is 0 Å². The average Bonchev–Trinajstić information content (AvgIpc) is 3.06. The topological polar surface area (TPSA) is 21.4 Å². The van der Waals surface area contributed by atoms with Crippen molar-refractivity contribution in [2.24, 2.45) is 0 Å². The van der Waals surface area contributed by atoms with Gasteiger partial charge in [0.2, 0.25) is 0 Å². The summed E-state index contributed by atoms with van der Waals surface area (Å²) in [4.78, 5) is 16.5. The van der Waals surface area contributed by atoms with Gasteiger partial charge < -0.3 is 4.48 Å². The van der Waals surface area contributed by atoms with Gasteiger partial charge in [0.1, 0.15) is 13.1 Å². The predicted molar refractivity (Wildman–Crippen MR) is 105 cm³/mol. The van der Waals surface area contributed by atoms with Gasteiger partial charge in [0.25, 0.3) is 0 Å². The van der Waals surface area contributed by atoms with Crippen molar-refractivity contribution in [2.75, 3.05) is 19.6 Å². The molecule has 2 aromatic rings. The van der Waals surface area contributed by atoms with Crippen LogP contribution >= 0.6 is 0 Å². The molecule has 1 aliphatic rings. The van der Waals surface area contributed by atoms with Crippen LogP contribution < -0.4 is 0 Å². The van der Waals surface area contributed by atoms with Crippen molar-refractivity contribution < 1.29 is 9.28 Å². The molecule has 3 rings (SSSR count). The lowest BCUT2D eigenvalue weighted by molar-refractivity contribution is -0.922. The molecule has 3 heteroatoms. The largest absolute Gasteiger partial charge is 0.314 e. The molecule has 134 valence electrons. The summed E-state index contributed by atoms with van der Waals surface area (Å²) in [5, 5.41) is 0. The first kappa shape index (κ1) is 18.4. The van der Waals surface area contributed by atoms with Crippen molar-refractivity contribution in [3.05, 3.63) is 76.1 Å². The molecule has 1 heterocycles. The van der Waals surface area contributed by atoms with E-state index in [1.807, 2.05) is 32.0 Å². The zero-order chi connectivity index (χ0) is 18.6. The smallest absolute Gasteiger partial charge is 0.191 e. The highest BCUT2D eigenvalue weighted by Crippen LogP contribution is 2.26. The van der Waals surface area contributed by atoms with Gasteiger partial charge in [0, 0.05) is 24.8 Å². The second-order valence-corrected chi connectivity index (χ2v) is 7.68. The molecule has 0 radical (unpaired) electrons. The molecule has 1 aliphatic heterocycles. The lowest BCUT2D eigenvalue weighted by atomic mass is 9.96. The molecule has 1 fully saturated rings. The summed E-state index contributed by atoms with van der Waals surface area (Å²) in [7, 11) is 0. The highest BCUT2D eigenvalue weighted by atomic mass is 16.1. The van der Waals surface area contributed by atoms with Crippen LogP contribution in [0.2, 0.25) is 0 Å². The quantitative estimate of drug-likeness (QED) is 0.544. The number of hydrogen-bond acceptors (Lipinski definition) is 1. The molecule has 0 atom stereocenters. The summed E-state index contributed by atoms with van der Waals surface area (Å²) in [6.07, 6.45) is 2.89. The van der Waals surface area contributed by atoms with Crippen LogP contribution in [0.25, 0.3) is 4.85 Å². The van der Waals surface area contributed by atoms with Crippen molar-refractivity contribution in [1.29, 1.82) is 0 Å². The van der Waals surface area contributed by atoms with E-state index in [-0.39, 0.29) is 0 Å². The van der Waals surface area contributed by atoms with Gasteiger partial charge in [-0.15, -0.1) is 0 Å². The Labute approximate surface area is 156 Å². The van der Waals surface area contributed by atoms with Crippen molar-refractivity contribution in [1.82, 2.24) is 0 Å². The molecule has 0 amide bonds. The summed E-state index contributed by atoms with van der Waals surface area (Å²) >= 11 is 0. The highest BCUT2D eigenvalue weighted by molar-refractivity contribution is 5.83. The Bertz CT molecular complexity index is 804. The summed E-state index contributed by atoms with van der Waals surface area (Å²) in [6, 6.07) is 14.3. The van der Waals surface area contributed by atoms with Crippen LogP contribution in [-0.4, -0.2) is 29.9 Å². The first-order valence-corrected chi connectivity index (χ1v) is 9.40. The Kier molecular flexibility index (Phi) is 5.54. The number of Topliss-reactive ketones (excluding diaryl/α,β-unsaturated/α-hetero) is 1. The lowest BCUT2D eigenvalue weighted by Crippen LogP contribution is -2.48. The third-order valence-electron chi connectivity index (χ3n) is 5.57. The Morgan fingerprint density at radius 3 is 2.27 bits per heavy atom. The van der Waals surface area contributed by atoms with Crippen LogP contribution in [0.5, 0.6) is 0 Å². The van der Waals surface area contributed by atoms with Crippen LogP contribution in [-0.2, 0) is 17.8 Å². The van der Waals surface area contributed by atoms with E-state index in [0.717, 1.165) is 40.8 Å². The molecule has 3 nitrogen and oxygen atoms in total. The number of hydrogen-bond donors (Lipinski definition) is 0. The van der Waals surface area contributed by atoms with Crippen LogP contribution in [0.1, 0.15) is 35.1 Å². The average molecular weight is 347 g/mol. The minimum atomic E-state index is 0.310. The fraction of sp³-hybridized carbons (Fsp3) is 0.391. The Hall–Kier alpha value is -2.44. The number of likely N-dealkylation sites (tertiary alicyclic amines) is 1. The zero-order valence-electron chi connectivity index (χ0n) is 15.8. The third kappa shape index (κ3) is 4.20. The van der Waals surface area contributed by atoms with Crippen LogP contribution in [0.3, 0.4) is 0 Å². The minimum absolute atomic E-state index is 0.310. The molecule has 1 saturated heterocycles. The first-order valence-electron chi connectivity index (χ1n) is 9.40. The number of benzene rings is 2. The van der Waals surface area contributed by atoms with Crippen LogP contribution in [0.15, 0.2) is 42.5 Å². The standard InChI is InChI=1S/C23H27N2O/c1-18-13-21(24-3)14-19(2)23(18)15-22(26)17-25(11-7-8-12-25)16-20-9-5-4-6-10-20/h4-6,9-10,13-14H,7-8,11-12,15-17H2,1-2H3/q+1. The Morgan fingerprint density at radius 2 is 1.69 bits per heavy atom. The van der Waals surface area contributed by atoms with Gasteiger partial charge in [0.05, 0.1) is 19.7 Å². The normalized spacial score (nSPS) is 15.6. The monoisotopic (exact) mass is 347 g/mol. The second kappa shape index (κ2) is 7.85. The molecule has 0 bridgehead atoms. The van der Waals surface area contributed by atoms with Gasteiger partial charge in [-0.3, -0.25) is 4.79 Å². The Morgan fingerprint density at radius 1 is 1.08 bits per heavy atom. The fourth-order valence-corrected chi connectivity index (χ4v) is 4.29. The van der Waals surface area contributed by atoms with E-state index >= 15 is 0 Å². The van der Waals surface area contributed by atoms with Crippen LogP contribution in [0, 0.1) is 20.4 Å². The van der Waals surface area contributed by atoms with Gasteiger partial charge in [-0.2, -0.15) is 0 Å². The number of quaternary nitrogens is 1. The van der Waals surface area contributed by atoms with Crippen molar-refractivity contribution in [3.8, 4) is 0 Å². The van der Waals surface area contributed by atoms with Crippen molar-refractivity contribution in [2.45, 2.75) is 39.7 Å². The first-order chi connectivity index (χ1) is 12.5. The molecule has 0 aliphatic carbocycles. The van der Waals surface area contributed by atoms with Gasteiger partial charge in [-0.1, -0.05) is 53.6 Å². The molecular weight excluding hydrogens is 320 g/mol. The SMILES string of the molecule is [C-]#[N+]c1cc(C)c(CC(=O)C[N+]2(Cc3ccccc3)CCCC2)c(C)c1. The predicted octanol–water partition coefficient (Wildman–Crippen LogP) is 4.78. The number of carbonyl (C=O) groups excluding carboxylic acids is 1. The van der Waals surface area contributed by atoms with Crippen molar-refractivity contribution >= 4 is 11.5 Å². The summed E-state index contributed by atoms with van der Waals surface area (Å²) in [5.41, 5.74) is 5.18. The lowest BCUT2D eigenvalue weighted by Gasteiger charge is -2.34. The van der Waals surface area contributed by atoms with E-state index in [4.69, 9.17) is 6.57 Å². The number of nitrogens with zero attached hydrogens (tertiary/aromatic N) is 2. The van der Waals surface area contributed by atoms with E-state index in [2.05, 4.69) is 29.1 Å². The summed E-state index contributed by atoms with van der Waals surface area (Å²) < 4.78 is 0.890. The molecule has 2 aromatic carbocycles. The fourth-order valence-electron chi connectivity index (χ4n) is 4.29. The summed E-state index contributed by atoms with van der Waals surface area (Å²) in [5.74, 6) is 0.310. The maximum absolute atomic E-state index is 12.9. The molecular formula is C23H27N2O+. The molecule has 0 aromatic heterocycles. The molecule has 0 spiro atoms. The molecule has 0 N–H and O–H groups in total. The molecule has 0 saturated carbocycles. The molecule has 26 heavy (non-hydrogen) atoms. The van der Waals surface area contributed by atoms with E-state index in [9.17, 15) is 4.79 Å². The number of rotatable bonds is 6. The van der Waals surface area contributed by atoms with Gasteiger partial charge in [-0.05, 0) is 19.4 Å². The maximum Gasteiger partial charge on any atom is 0.191 e. The number of aryl methyl sites for hydroxylation is 2. The number of carbonyl (C=O) groups is 1. The van der Waals surface area contributed by atoms with Gasteiger partial charge >= 0.3 is 0 Å². The van der Waals surface area contributed by atoms with E-state index in [0.29, 0.717) is 24.4 Å². The van der Waals surface area contributed by atoms with E-state index in [1.54, 1.807) is 0 Å². The highest BCUT2D eigenvalue weighted by Gasteiger charge is 2.34. The van der Waals surface area contributed by atoms with E-state index < -0.39 is 0 Å². The maximum atomic E-state index is 12.9. The third-order valence-corrected chi connectivity index (χ3v) is 5.57. The minimum Gasteiger partial charge on any atom is -0.314 e. The van der Waals surface area contributed by atoms with Gasteiger partial charge in [-0.25, -0.2) is 4.85 Å². The number of ketones is 1. The summed E-state index contributed by atoms with van der Waals surface area (Å²) in [6.45, 7) is 14.9. The van der Waals surface area contributed by atoms with Crippen LogP contribution in [0.4, 0.5) is 5.69 Å². The zero-order valence-corrected chi connectivity index (χ0v) is 15.8.